The smallest absolute Gasteiger partial charge is 0.123 e. The maximum Gasteiger partial charge on any atom is 0.123 e. The van der Waals surface area contributed by atoms with Gasteiger partial charge in [-0.1, -0.05) is 12.0 Å². The Balaban J connectivity index is 0.000000346. The van der Waals surface area contributed by atoms with Crippen molar-refractivity contribution in [1.29, 1.82) is 0 Å². The molecule has 0 saturated heterocycles. The molecule has 1 aliphatic rings. The molecule has 0 amide bonds. The van der Waals surface area contributed by atoms with Crippen LogP contribution in [0.5, 0.6) is 0 Å². The van der Waals surface area contributed by atoms with Gasteiger partial charge in [-0.25, -0.2) is 4.39 Å². The first-order chi connectivity index (χ1) is 6.77. The third-order valence-electron chi connectivity index (χ3n) is 2.18. The molecule has 2 N–H and O–H groups in total. The summed E-state index contributed by atoms with van der Waals surface area (Å²) < 4.78 is 12.6. The number of hydrogen-bond donors (Lipinski definition) is 1. The lowest BCUT2D eigenvalue weighted by Gasteiger charge is -1.95. The van der Waals surface area contributed by atoms with Crippen LogP contribution in [0.15, 0.2) is 18.2 Å². The summed E-state index contributed by atoms with van der Waals surface area (Å²) in [5, 5.41) is 0. The van der Waals surface area contributed by atoms with Gasteiger partial charge in [-0.05, 0) is 42.5 Å². The second-order valence-electron chi connectivity index (χ2n) is 3.17. The van der Waals surface area contributed by atoms with E-state index in [1.165, 1.54) is 17.5 Å². The van der Waals surface area contributed by atoms with Crippen molar-refractivity contribution in [2.24, 2.45) is 5.73 Å². The van der Waals surface area contributed by atoms with Crippen molar-refractivity contribution in [1.82, 2.24) is 0 Å². The average Bonchev–Trinajstić information content (AvgIpc) is 2.65. The molecular weight excluding hydrogens is 213 g/mol. The molecule has 0 spiro atoms. The average molecular weight is 228 g/mol. The molecule has 82 valence electrons. The summed E-state index contributed by atoms with van der Waals surface area (Å²) in [5.74, 6) is 2.11. The van der Waals surface area contributed by atoms with E-state index in [2.05, 4.69) is 12.3 Å². The van der Waals surface area contributed by atoms with Crippen molar-refractivity contribution in [2.75, 3.05) is 6.54 Å². The highest BCUT2D eigenvalue weighted by Crippen LogP contribution is 2.21. The van der Waals surface area contributed by atoms with Gasteiger partial charge in [-0.2, -0.15) is 0 Å². The Morgan fingerprint density at radius 3 is 2.53 bits per heavy atom. The fourth-order valence-corrected chi connectivity index (χ4v) is 1.54. The van der Waals surface area contributed by atoms with E-state index in [0.717, 1.165) is 12.8 Å². The Morgan fingerprint density at radius 1 is 1.33 bits per heavy atom. The number of terminal acetylenes is 1. The third-order valence-corrected chi connectivity index (χ3v) is 2.18. The van der Waals surface area contributed by atoms with Gasteiger partial charge in [-0.15, -0.1) is 18.8 Å². The Morgan fingerprint density at radius 2 is 1.93 bits per heavy atom. The van der Waals surface area contributed by atoms with Crippen LogP contribution in [0, 0.1) is 18.2 Å². The molecule has 0 unspecified atom stereocenters. The van der Waals surface area contributed by atoms with E-state index >= 15 is 0 Å². The standard InChI is InChI=1S/C9H9F.C3H5N.ClH/c10-9-5-4-7-2-1-3-8(7)6-9;1-2-3-4;/h4-6H,1-3H2;1H,3-4H2;1H. The normalized spacial score (nSPS) is 11.5. The van der Waals surface area contributed by atoms with Crippen molar-refractivity contribution < 1.29 is 4.39 Å². The molecule has 0 aliphatic heterocycles. The van der Waals surface area contributed by atoms with Crippen LogP contribution in [0.25, 0.3) is 0 Å². The quantitative estimate of drug-likeness (QED) is 0.677. The van der Waals surface area contributed by atoms with E-state index in [-0.39, 0.29) is 18.2 Å². The van der Waals surface area contributed by atoms with Crippen molar-refractivity contribution in [2.45, 2.75) is 19.3 Å². The fourth-order valence-electron chi connectivity index (χ4n) is 1.54. The largest absolute Gasteiger partial charge is 0.320 e. The van der Waals surface area contributed by atoms with E-state index in [1.807, 2.05) is 6.07 Å². The fraction of sp³-hybridized carbons (Fsp3) is 0.333. The van der Waals surface area contributed by atoms with Gasteiger partial charge >= 0.3 is 0 Å². The zero-order valence-corrected chi connectivity index (χ0v) is 9.32. The summed E-state index contributed by atoms with van der Waals surface area (Å²) in [7, 11) is 0. The molecule has 0 atom stereocenters. The zero-order chi connectivity index (χ0) is 10.4. The van der Waals surface area contributed by atoms with Gasteiger partial charge < -0.3 is 5.73 Å². The van der Waals surface area contributed by atoms with Crippen molar-refractivity contribution in [3.05, 3.63) is 35.1 Å². The van der Waals surface area contributed by atoms with E-state index in [4.69, 9.17) is 5.73 Å². The molecule has 0 bridgehead atoms. The minimum Gasteiger partial charge on any atom is -0.320 e. The first kappa shape index (κ1) is 14.0. The van der Waals surface area contributed by atoms with Crippen LogP contribution >= 0.6 is 12.4 Å². The van der Waals surface area contributed by atoms with Gasteiger partial charge in [0.2, 0.25) is 0 Å². The number of rotatable bonds is 0. The van der Waals surface area contributed by atoms with Crippen molar-refractivity contribution in [3.63, 3.8) is 0 Å². The minimum atomic E-state index is -0.0966. The first-order valence-electron chi connectivity index (χ1n) is 4.68. The lowest BCUT2D eigenvalue weighted by molar-refractivity contribution is 0.626. The Bertz CT molecular complexity index is 344. The number of aryl methyl sites for hydroxylation is 2. The van der Waals surface area contributed by atoms with Gasteiger partial charge in [0.1, 0.15) is 5.82 Å². The Labute approximate surface area is 96.3 Å². The SMILES string of the molecule is C#CCN.Cl.Fc1ccc2c(c1)CCC2. The minimum absolute atomic E-state index is 0. The molecular formula is C12H15ClFN. The second kappa shape index (κ2) is 7.28. The third kappa shape index (κ3) is 4.33. The maximum absolute atomic E-state index is 12.6. The predicted octanol–water partition coefficient (Wildman–Crippen LogP) is 2.31. The molecule has 0 saturated carbocycles. The van der Waals surface area contributed by atoms with Crippen LogP contribution in [0.4, 0.5) is 4.39 Å². The molecule has 0 heterocycles. The second-order valence-corrected chi connectivity index (χ2v) is 3.17. The number of benzene rings is 1. The van der Waals surface area contributed by atoms with Crippen LogP contribution in [-0.4, -0.2) is 6.54 Å². The number of hydrogen-bond acceptors (Lipinski definition) is 1. The zero-order valence-electron chi connectivity index (χ0n) is 8.50. The van der Waals surface area contributed by atoms with Crippen molar-refractivity contribution in [3.8, 4) is 12.3 Å². The topological polar surface area (TPSA) is 26.0 Å². The van der Waals surface area contributed by atoms with Crippen LogP contribution < -0.4 is 5.73 Å². The number of halogens is 2. The lowest BCUT2D eigenvalue weighted by atomic mass is 10.1. The van der Waals surface area contributed by atoms with E-state index in [9.17, 15) is 4.39 Å². The molecule has 2 rings (SSSR count). The highest BCUT2D eigenvalue weighted by Gasteiger charge is 2.09. The molecule has 1 aromatic carbocycles. The number of fused-ring (bicyclic) bond motifs is 1. The summed E-state index contributed by atoms with van der Waals surface area (Å²) in [6.45, 7) is 0.347. The molecule has 1 nitrogen and oxygen atoms in total. The monoisotopic (exact) mass is 227 g/mol. The molecule has 1 aliphatic carbocycles. The first-order valence-corrected chi connectivity index (χ1v) is 4.68. The van der Waals surface area contributed by atoms with E-state index in [1.54, 1.807) is 12.1 Å². The van der Waals surface area contributed by atoms with Crippen LogP contribution in [-0.2, 0) is 12.8 Å². The molecule has 0 fully saturated rings. The summed E-state index contributed by atoms with van der Waals surface area (Å²) in [5.41, 5.74) is 7.33. The van der Waals surface area contributed by atoms with Crippen LogP contribution in [0.2, 0.25) is 0 Å². The Hall–Kier alpha value is -1.04. The molecule has 3 heteroatoms. The highest BCUT2D eigenvalue weighted by molar-refractivity contribution is 5.85. The summed E-state index contributed by atoms with van der Waals surface area (Å²) in [4.78, 5) is 0. The van der Waals surface area contributed by atoms with Gasteiger partial charge in [0.25, 0.3) is 0 Å². The lowest BCUT2D eigenvalue weighted by Crippen LogP contribution is -1.91. The molecule has 1 aromatic rings. The molecule has 0 aromatic heterocycles. The molecule has 0 radical (unpaired) electrons. The highest BCUT2D eigenvalue weighted by atomic mass is 35.5. The summed E-state index contributed by atoms with van der Waals surface area (Å²) >= 11 is 0. The summed E-state index contributed by atoms with van der Waals surface area (Å²) in [6, 6.07) is 5.10. The van der Waals surface area contributed by atoms with E-state index in [0.29, 0.717) is 6.54 Å². The Kier molecular flexibility index (Phi) is 6.77. The van der Waals surface area contributed by atoms with Gasteiger partial charge in [0, 0.05) is 0 Å². The van der Waals surface area contributed by atoms with Crippen molar-refractivity contribution >= 4 is 12.4 Å². The summed E-state index contributed by atoms with van der Waals surface area (Å²) in [6.07, 6.45) is 8.04. The predicted molar refractivity (Wildman–Crippen MR) is 63.6 cm³/mol. The van der Waals surface area contributed by atoms with Crippen LogP contribution in [0.1, 0.15) is 17.5 Å². The van der Waals surface area contributed by atoms with Gasteiger partial charge in [-0.3, -0.25) is 0 Å². The number of nitrogens with two attached hydrogens (primary N) is 1. The van der Waals surface area contributed by atoms with Gasteiger partial charge in [0.05, 0.1) is 6.54 Å². The van der Waals surface area contributed by atoms with Gasteiger partial charge in [0.15, 0.2) is 0 Å². The van der Waals surface area contributed by atoms with Crippen LogP contribution in [0.3, 0.4) is 0 Å². The van der Waals surface area contributed by atoms with E-state index < -0.39 is 0 Å². The maximum atomic E-state index is 12.6. The molecule has 15 heavy (non-hydrogen) atoms.